The maximum absolute atomic E-state index is 5.23. The Bertz CT molecular complexity index is 120. The van der Waals surface area contributed by atoms with Gasteiger partial charge >= 0.3 is 0 Å². The maximum Gasteiger partial charge on any atom is 0.146 e. The molecule has 0 heterocycles. The van der Waals surface area contributed by atoms with Crippen LogP contribution in [-0.2, 0) is 13.9 Å². The Morgan fingerprint density at radius 3 is 1.65 bits per heavy atom. The van der Waals surface area contributed by atoms with Crippen molar-refractivity contribution in [3.63, 3.8) is 0 Å². The van der Waals surface area contributed by atoms with Crippen LogP contribution in [0.2, 0.25) is 0 Å². The van der Waals surface area contributed by atoms with Crippen LogP contribution in [0.4, 0.5) is 0 Å². The fourth-order valence-corrected chi connectivity index (χ4v) is 2.12. The fraction of sp³-hybridized carbons (Fsp3) is 1.00. The van der Waals surface area contributed by atoms with Crippen LogP contribution in [-0.4, -0.2) is 37.6 Å². The highest BCUT2D eigenvalue weighted by molar-refractivity contribution is 5.97. The van der Waals surface area contributed by atoms with E-state index in [1.807, 2.05) is 0 Å². The lowest BCUT2D eigenvalue weighted by Crippen LogP contribution is -1.98. The van der Waals surface area contributed by atoms with E-state index in [-0.39, 0.29) is 0 Å². The fourth-order valence-electron chi connectivity index (χ4n) is 1.83. The summed E-state index contributed by atoms with van der Waals surface area (Å²) in [6.45, 7) is 2.26. The Kier molecular flexibility index (Phi) is 16.2. The van der Waals surface area contributed by atoms with Gasteiger partial charge in [0.1, 0.15) is 17.3 Å². The van der Waals surface area contributed by atoms with Gasteiger partial charge in [-0.25, -0.2) is 0 Å². The van der Waals surface area contributed by atoms with Crippen LogP contribution in [0.5, 0.6) is 0 Å². The molecule has 0 rings (SSSR count). The van der Waals surface area contributed by atoms with Gasteiger partial charge < -0.3 is 13.9 Å². The largest absolute Gasteiger partial charge is 0.428 e. The van der Waals surface area contributed by atoms with Crippen molar-refractivity contribution < 1.29 is 13.9 Å². The van der Waals surface area contributed by atoms with Crippen molar-refractivity contribution in [2.75, 3.05) is 27.1 Å². The third-order valence-electron chi connectivity index (χ3n) is 2.84. The van der Waals surface area contributed by atoms with Gasteiger partial charge in [-0.2, -0.15) is 0 Å². The lowest BCUT2D eigenvalue weighted by Gasteiger charge is -2.03. The Balaban J connectivity index is 2.85. The van der Waals surface area contributed by atoms with Crippen LogP contribution >= 0.6 is 0 Å². The Morgan fingerprint density at radius 2 is 1.18 bits per heavy atom. The number of ether oxygens (including phenoxy) is 2. The first-order valence-corrected chi connectivity index (χ1v) is 7.79. The summed E-state index contributed by atoms with van der Waals surface area (Å²) in [6.07, 6.45) is 11.9. The molecule has 0 amide bonds. The van der Waals surface area contributed by atoms with Gasteiger partial charge in [-0.05, 0) is 12.8 Å². The van der Waals surface area contributed by atoms with E-state index in [4.69, 9.17) is 13.9 Å². The molecule has 17 heavy (non-hydrogen) atoms. The predicted octanol–water partition coefficient (Wildman–Crippen LogP) is 2.41. The first-order chi connectivity index (χ1) is 8.41. The lowest BCUT2D eigenvalue weighted by atomic mass is 10.1. The quantitative estimate of drug-likeness (QED) is 0.273. The second kappa shape index (κ2) is 16.1. The molecule has 0 aromatic carbocycles. The van der Waals surface area contributed by atoms with E-state index in [2.05, 4.69) is 0 Å². The third-order valence-corrected chi connectivity index (χ3v) is 3.25. The zero-order chi connectivity index (χ0) is 12.6. The van der Waals surface area contributed by atoms with Gasteiger partial charge in [0.25, 0.3) is 0 Å². The molecule has 0 unspecified atom stereocenters. The smallest absolute Gasteiger partial charge is 0.146 e. The highest BCUT2D eigenvalue weighted by Crippen LogP contribution is 2.09. The normalized spacial score (nSPS) is 11.1. The molecule has 0 atom stereocenters. The zero-order valence-electron chi connectivity index (χ0n) is 11.7. The highest BCUT2D eigenvalue weighted by Gasteiger charge is 1.93. The molecular weight excluding hydrogens is 232 g/mol. The van der Waals surface area contributed by atoms with Crippen molar-refractivity contribution in [3.05, 3.63) is 0 Å². The maximum atomic E-state index is 5.23. The van der Waals surface area contributed by atoms with E-state index < -0.39 is 0 Å². The van der Waals surface area contributed by atoms with Gasteiger partial charge in [-0.15, -0.1) is 0 Å². The first-order valence-electron chi connectivity index (χ1n) is 6.97. The SMILES string of the molecule is COCOCCCCCCCCCCCO[SiH3]. The van der Waals surface area contributed by atoms with Crippen molar-refractivity contribution >= 4 is 10.5 Å². The summed E-state index contributed by atoms with van der Waals surface area (Å²) in [5.74, 6) is 0. The molecular formula is C13H30O3Si. The molecule has 0 aromatic heterocycles. The standard InChI is InChI=1S/C13H30O3Si/c1-14-13-15-11-9-7-5-3-2-4-6-8-10-12-16-17/h2-13H2,1,17H3. The van der Waals surface area contributed by atoms with Crippen LogP contribution in [0.1, 0.15) is 57.8 Å². The monoisotopic (exact) mass is 262 g/mol. The topological polar surface area (TPSA) is 27.7 Å². The second-order valence-electron chi connectivity index (χ2n) is 4.49. The van der Waals surface area contributed by atoms with Crippen LogP contribution in [0.3, 0.4) is 0 Å². The molecule has 0 spiro atoms. The third kappa shape index (κ3) is 16.1. The van der Waals surface area contributed by atoms with E-state index in [0.29, 0.717) is 6.79 Å². The lowest BCUT2D eigenvalue weighted by molar-refractivity contribution is -0.0315. The molecule has 0 radical (unpaired) electrons. The summed E-state index contributed by atoms with van der Waals surface area (Å²) in [4.78, 5) is 0. The summed E-state index contributed by atoms with van der Waals surface area (Å²) in [6, 6.07) is 0. The summed E-state index contributed by atoms with van der Waals surface area (Å²) in [7, 11) is 2.55. The van der Waals surface area contributed by atoms with Crippen molar-refractivity contribution in [2.45, 2.75) is 57.8 Å². The van der Waals surface area contributed by atoms with E-state index in [1.54, 1.807) is 7.11 Å². The summed E-state index contributed by atoms with van der Waals surface area (Å²) >= 11 is 0. The second-order valence-corrected chi connectivity index (χ2v) is 5.07. The number of unbranched alkanes of at least 4 members (excludes halogenated alkanes) is 8. The average Bonchev–Trinajstić information content (AvgIpc) is 2.35. The van der Waals surface area contributed by atoms with Crippen LogP contribution < -0.4 is 0 Å². The van der Waals surface area contributed by atoms with E-state index in [1.165, 1.54) is 57.8 Å². The molecule has 4 heteroatoms. The predicted molar refractivity (Wildman–Crippen MR) is 75.3 cm³/mol. The van der Waals surface area contributed by atoms with E-state index in [9.17, 15) is 0 Å². The van der Waals surface area contributed by atoms with Gasteiger partial charge in [-0.3, -0.25) is 0 Å². The summed E-state index contributed by atoms with van der Waals surface area (Å²) in [5.41, 5.74) is 0. The molecule has 104 valence electrons. The van der Waals surface area contributed by atoms with Gasteiger partial charge in [0.2, 0.25) is 0 Å². The van der Waals surface area contributed by atoms with E-state index >= 15 is 0 Å². The minimum absolute atomic E-state index is 0.434. The van der Waals surface area contributed by atoms with Gasteiger partial charge in [-0.1, -0.05) is 44.9 Å². The van der Waals surface area contributed by atoms with Crippen LogP contribution in [0, 0.1) is 0 Å². The minimum Gasteiger partial charge on any atom is -0.428 e. The number of hydrogen-bond donors (Lipinski definition) is 0. The zero-order valence-corrected chi connectivity index (χ0v) is 13.7. The summed E-state index contributed by atoms with van der Waals surface area (Å²) in [5, 5.41) is 0. The molecule has 3 nitrogen and oxygen atoms in total. The molecule has 0 aromatic rings. The van der Waals surface area contributed by atoms with Crippen LogP contribution in [0.15, 0.2) is 0 Å². The Hall–Kier alpha value is 0.0969. The number of rotatable bonds is 14. The minimum atomic E-state index is 0.434. The highest BCUT2D eigenvalue weighted by atomic mass is 28.2. The van der Waals surface area contributed by atoms with Crippen molar-refractivity contribution in [1.82, 2.24) is 0 Å². The summed E-state index contributed by atoms with van der Waals surface area (Å²) < 4.78 is 15.2. The molecule has 0 fully saturated rings. The first kappa shape index (κ1) is 17.1. The van der Waals surface area contributed by atoms with Crippen molar-refractivity contribution in [1.29, 1.82) is 0 Å². The van der Waals surface area contributed by atoms with Gasteiger partial charge in [0.15, 0.2) is 0 Å². The molecule has 0 saturated carbocycles. The Labute approximate surface area is 110 Å². The molecule has 0 aliphatic rings. The Morgan fingerprint density at radius 1 is 0.706 bits per heavy atom. The number of methoxy groups -OCH3 is 1. The number of hydrogen-bond acceptors (Lipinski definition) is 3. The van der Waals surface area contributed by atoms with Crippen molar-refractivity contribution in [3.8, 4) is 0 Å². The molecule has 0 N–H and O–H groups in total. The molecule has 0 saturated heterocycles. The molecule has 0 aliphatic heterocycles. The van der Waals surface area contributed by atoms with Crippen LogP contribution in [0.25, 0.3) is 0 Å². The molecule has 0 bridgehead atoms. The average molecular weight is 262 g/mol. The van der Waals surface area contributed by atoms with E-state index in [0.717, 1.165) is 23.7 Å². The van der Waals surface area contributed by atoms with Gasteiger partial charge in [0, 0.05) is 20.3 Å². The van der Waals surface area contributed by atoms with Gasteiger partial charge in [0.05, 0.1) is 0 Å². The molecule has 0 aliphatic carbocycles. The van der Waals surface area contributed by atoms with Crippen molar-refractivity contribution in [2.24, 2.45) is 0 Å².